The van der Waals surface area contributed by atoms with Gasteiger partial charge in [0.05, 0.1) is 6.04 Å². The molecular formula is C13H18F2N2O2. The SMILES string of the molecule is CC(C)(C)OC(=O)NCC(N)c1cc(F)ccc1F. The molecule has 0 aliphatic carbocycles. The number of amides is 1. The topological polar surface area (TPSA) is 64.3 Å². The number of benzene rings is 1. The van der Waals surface area contributed by atoms with Gasteiger partial charge in [0, 0.05) is 12.1 Å². The van der Waals surface area contributed by atoms with Crippen LogP contribution in [0, 0.1) is 11.6 Å². The third kappa shape index (κ3) is 5.21. The molecule has 0 saturated carbocycles. The molecule has 0 aliphatic rings. The van der Waals surface area contributed by atoms with Gasteiger partial charge in [0.1, 0.15) is 17.2 Å². The van der Waals surface area contributed by atoms with Crippen LogP contribution in [0.5, 0.6) is 0 Å². The zero-order chi connectivity index (χ0) is 14.6. The van der Waals surface area contributed by atoms with Gasteiger partial charge in [0.2, 0.25) is 0 Å². The lowest BCUT2D eigenvalue weighted by molar-refractivity contribution is 0.0524. The second kappa shape index (κ2) is 5.97. The van der Waals surface area contributed by atoms with E-state index in [0.717, 1.165) is 18.2 Å². The molecule has 0 saturated heterocycles. The standard InChI is InChI=1S/C13H18F2N2O2/c1-13(2,3)19-12(18)17-7-11(16)9-6-8(14)4-5-10(9)15/h4-6,11H,7,16H2,1-3H3,(H,17,18). The summed E-state index contributed by atoms with van der Waals surface area (Å²) in [5, 5.41) is 2.41. The zero-order valence-corrected chi connectivity index (χ0v) is 11.2. The third-order valence-electron chi connectivity index (χ3n) is 2.22. The number of ether oxygens (including phenoxy) is 1. The van der Waals surface area contributed by atoms with Gasteiger partial charge in [-0.3, -0.25) is 0 Å². The molecular weight excluding hydrogens is 254 g/mol. The summed E-state index contributed by atoms with van der Waals surface area (Å²) in [5.41, 5.74) is 5.08. The smallest absolute Gasteiger partial charge is 0.407 e. The Hall–Kier alpha value is -1.69. The van der Waals surface area contributed by atoms with Crippen LogP contribution in [0.15, 0.2) is 18.2 Å². The summed E-state index contributed by atoms with van der Waals surface area (Å²) in [6.45, 7) is 5.12. The number of carbonyl (C=O) groups excluding carboxylic acids is 1. The maximum Gasteiger partial charge on any atom is 0.407 e. The van der Waals surface area contributed by atoms with Crippen molar-refractivity contribution < 1.29 is 18.3 Å². The molecule has 1 unspecified atom stereocenters. The first-order valence-corrected chi connectivity index (χ1v) is 5.86. The average Bonchev–Trinajstić information content (AvgIpc) is 2.27. The van der Waals surface area contributed by atoms with Crippen molar-refractivity contribution in [1.82, 2.24) is 5.32 Å². The quantitative estimate of drug-likeness (QED) is 0.888. The number of hydrogen-bond acceptors (Lipinski definition) is 3. The summed E-state index contributed by atoms with van der Waals surface area (Å²) >= 11 is 0. The number of halogens is 2. The minimum atomic E-state index is -0.844. The minimum absolute atomic E-state index is 0.0102. The second-order valence-electron chi connectivity index (χ2n) is 5.16. The van der Waals surface area contributed by atoms with Gasteiger partial charge in [-0.05, 0) is 39.0 Å². The molecule has 0 radical (unpaired) electrons. The van der Waals surface area contributed by atoms with E-state index < -0.39 is 29.4 Å². The van der Waals surface area contributed by atoms with Gasteiger partial charge in [-0.25, -0.2) is 13.6 Å². The van der Waals surface area contributed by atoms with E-state index in [1.54, 1.807) is 20.8 Å². The predicted molar refractivity (Wildman–Crippen MR) is 67.5 cm³/mol. The third-order valence-corrected chi connectivity index (χ3v) is 2.22. The Kier molecular flexibility index (Phi) is 4.83. The summed E-state index contributed by atoms with van der Waals surface area (Å²) in [7, 11) is 0. The molecule has 0 heterocycles. The van der Waals surface area contributed by atoms with Crippen LogP contribution in [-0.2, 0) is 4.74 Å². The molecule has 3 N–H and O–H groups in total. The average molecular weight is 272 g/mol. The molecule has 106 valence electrons. The highest BCUT2D eigenvalue weighted by molar-refractivity contribution is 5.67. The van der Waals surface area contributed by atoms with Crippen molar-refractivity contribution in [2.24, 2.45) is 5.73 Å². The Morgan fingerprint density at radius 1 is 1.42 bits per heavy atom. The van der Waals surface area contributed by atoms with E-state index in [1.807, 2.05) is 0 Å². The monoisotopic (exact) mass is 272 g/mol. The normalized spacial score (nSPS) is 12.9. The van der Waals surface area contributed by atoms with Crippen molar-refractivity contribution in [3.8, 4) is 0 Å². The van der Waals surface area contributed by atoms with Crippen molar-refractivity contribution in [3.05, 3.63) is 35.4 Å². The van der Waals surface area contributed by atoms with Crippen LogP contribution in [0.25, 0.3) is 0 Å². The first-order valence-electron chi connectivity index (χ1n) is 5.86. The molecule has 1 aromatic rings. The van der Waals surface area contributed by atoms with Gasteiger partial charge in [-0.15, -0.1) is 0 Å². The molecule has 0 fully saturated rings. The highest BCUT2D eigenvalue weighted by Crippen LogP contribution is 2.16. The Balaban J connectivity index is 2.58. The van der Waals surface area contributed by atoms with E-state index in [0.29, 0.717) is 0 Å². The Morgan fingerprint density at radius 3 is 2.63 bits per heavy atom. The van der Waals surface area contributed by atoms with E-state index in [9.17, 15) is 13.6 Å². The number of alkyl carbamates (subject to hydrolysis) is 1. The fraction of sp³-hybridized carbons (Fsp3) is 0.462. The van der Waals surface area contributed by atoms with Crippen LogP contribution in [0.3, 0.4) is 0 Å². The van der Waals surface area contributed by atoms with Crippen molar-refractivity contribution in [2.75, 3.05) is 6.54 Å². The first-order chi connectivity index (χ1) is 8.69. The summed E-state index contributed by atoms with van der Waals surface area (Å²) in [5.74, 6) is -1.19. The summed E-state index contributed by atoms with van der Waals surface area (Å²) in [4.78, 5) is 11.4. The molecule has 1 amide bonds. The maximum atomic E-state index is 13.4. The largest absolute Gasteiger partial charge is 0.444 e. The maximum absolute atomic E-state index is 13.4. The van der Waals surface area contributed by atoms with Crippen molar-refractivity contribution in [2.45, 2.75) is 32.4 Å². The van der Waals surface area contributed by atoms with E-state index in [1.165, 1.54) is 0 Å². The second-order valence-corrected chi connectivity index (χ2v) is 5.16. The van der Waals surface area contributed by atoms with Gasteiger partial charge in [0.25, 0.3) is 0 Å². The summed E-state index contributed by atoms with van der Waals surface area (Å²) in [6, 6.07) is 2.17. The lowest BCUT2D eigenvalue weighted by Gasteiger charge is -2.21. The lowest BCUT2D eigenvalue weighted by Crippen LogP contribution is -2.36. The van der Waals surface area contributed by atoms with Crippen LogP contribution in [0.2, 0.25) is 0 Å². The molecule has 0 aromatic heterocycles. The molecule has 1 rings (SSSR count). The van der Waals surface area contributed by atoms with E-state index in [-0.39, 0.29) is 12.1 Å². The van der Waals surface area contributed by atoms with Crippen LogP contribution < -0.4 is 11.1 Å². The summed E-state index contributed by atoms with van der Waals surface area (Å²) in [6.07, 6.45) is -0.653. The van der Waals surface area contributed by atoms with E-state index in [2.05, 4.69) is 5.32 Å². The van der Waals surface area contributed by atoms with Crippen LogP contribution in [0.4, 0.5) is 13.6 Å². The highest BCUT2D eigenvalue weighted by Gasteiger charge is 2.18. The number of nitrogens with two attached hydrogens (primary N) is 1. The molecule has 0 spiro atoms. The van der Waals surface area contributed by atoms with Crippen molar-refractivity contribution in [3.63, 3.8) is 0 Å². The van der Waals surface area contributed by atoms with Gasteiger partial charge < -0.3 is 15.8 Å². The van der Waals surface area contributed by atoms with Crippen molar-refractivity contribution >= 4 is 6.09 Å². The lowest BCUT2D eigenvalue weighted by atomic mass is 10.1. The Bertz CT molecular complexity index is 458. The highest BCUT2D eigenvalue weighted by atomic mass is 19.1. The molecule has 4 nitrogen and oxygen atoms in total. The van der Waals surface area contributed by atoms with Gasteiger partial charge >= 0.3 is 6.09 Å². The van der Waals surface area contributed by atoms with Crippen LogP contribution in [-0.4, -0.2) is 18.2 Å². The van der Waals surface area contributed by atoms with E-state index >= 15 is 0 Å². The molecule has 1 atom stereocenters. The first kappa shape index (κ1) is 15.4. The number of carbonyl (C=O) groups is 1. The number of nitrogens with one attached hydrogen (secondary N) is 1. The zero-order valence-electron chi connectivity index (χ0n) is 11.2. The fourth-order valence-electron chi connectivity index (χ4n) is 1.42. The number of hydrogen-bond donors (Lipinski definition) is 2. The molecule has 6 heteroatoms. The van der Waals surface area contributed by atoms with Crippen LogP contribution in [0.1, 0.15) is 32.4 Å². The summed E-state index contributed by atoms with van der Waals surface area (Å²) < 4.78 is 31.4. The molecule has 1 aromatic carbocycles. The van der Waals surface area contributed by atoms with Gasteiger partial charge in [-0.2, -0.15) is 0 Å². The van der Waals surface area contributed by atoms with Gasteiger partial charge in [0.15, 0.2) is 0 Å². The van der Waals surface area contributed by atoms with Crippen molar-refractivity contribution in [1.29, 1.82) is 0 Å². The number of rotatable bonds is 3. The van der Waals surface area contributed by atoms with Crippen LogP contribution >= 0.6 is 0 Å². The fourth-order valence-corrected chi connectivity index (χ4v) is 1.42. The molecule has 0 aliphatic heterocycles. The Morgan fingerprint density at radius 2 is 2.05 bits per heavy atom. The molecule has 19 heavy (non-hydrogen) atoms. The minimum Gasteiger partial charge on any atom is -0.444 e. The predicted octanol–water partition coefficient (Wildman–Crippen LogP) is 2.49. The Labute approximate surface area is 110 Å². The van der Waals surface area contributed by atoms with E-state index in [4.69, 9.17) is 10.5 Å². The van der Waals surface area contributed by atoms with Gasteiger partial charge in [-0.1, -0.05) is 0 Å². The molecule has 0 bridgehead atoms.